The fourth-order valence-corrected chi connectivity index (χ4v) is 1.96. The lowest BCUT2D eigenvalue weighted by Crippen LogP contribution is -2.12. The van der Waals surface area contributed by atoms with E-state index in [-0.39, 0.29) is 12.4 Å². The van der Waals surface area contributed by atoms with Crippen molar-refractivity contribution in [2.75, 3.05) is 13.7 Å². The number of rotatable bonds is 6. The molecule has 0 saturated heterocycles. The third-order valence-corrected chi connectivity index (χ3v) is 3.19. The lowest BCUT2D eigenvalue weighted by atomic mass is 10.1. The molecule has 0 spiro atoms. The first-order valence-electron chi connectivity index (χ1n) is 7.17. The third-order valence-electron chi connectivity index (χ3n) is 3.19. The molecule has 2 rings (SSSR count). The molecule has 118 valence electrons. The highest BCUT2D eigenvalue weighted by Crippen LogP contribution is 2.14. The Bertz CT molecular complexity index is 714. The van der Waals surface area contributed by atoms with Crippen LogP contribution >= 0.6 is 0 Å². The van der Waals surface area contributed by atoms with Crippen LogP contribution < -0.4 is 4.74 Å². The maximum atomic E-state index is 12.1. The summed E-state index contributed by atoms with van der Waals surface area (Å²) in [5, 5.41) is 0. The minimum Gasteiger partial charge on any atom is -0.482 e. The third kappa shape index (κ3) is 5.11. The first-order chi connectivity index (χ1) is 11.1. The normalized spacial score (nSPS) is 10.5. The van der Waals surface area contributed by atoms with Gasteiger partial charge in [-0.1, -0.05) is 35.9 Å². The van der Waals surface area contributed by atoms with E-state index in [1.54, 1.807) is 36.4 Å². The molecule has 0 heterocycles. The van der Waals surface area contributed by atoms with E-state index in [2.05, 4.69) is 4.74 Å². The van der Waals surface area contributed by atoms with Gasteiger partial charge in [0.1, 0.15) is 5.75 Å². The number of carbonyl (C=O) groups excluding carboxylic acids is 2. The van der Waals surface area contributed by atoms with Gasteiger partial charge >= 0.3 is 5.97 Å². The Morgan fingerprint density at radius 1 is 1.09 bits per heavy atom. The molecule has 2 aromatic rings. The molecule has 0 aliphatic carbocycles. The number of benzene rings is 2. The molecule has 4 heteroatoms. The van der Waals surface area contributed by atoms with E-state index in [4.69, 9.17) is 4.74 Å². The molecule has 0 unspecified atom stereocenters. The summed E-state index contributed by atoms with van der Waals surface area (Å²) >= 11 is 0. The molecule has 4 nitrogen and oxygen atoms in total. The number of ether oxygens (including phenoxy) is 2. The molecular weight excluding hydrogens is 292 g/mol. The summed E-state index contributed by atoms with van der Waals surface area (Å²) in [7, 11) is 1.30. The zero-order valence-corrected chi connectivity index (χ0v) is 13.1. The van der Waals surface area contributed by atoms with Crippen LogP contribution in [0.5, 0.6) is 5.75 Å². The molecule has 0 aliphatic heterocycles. The summed E-state index contributed by atoms with van der Waals surface area (Å²) in [6.07, 6.45) is 3.33. The molecule has 0 bridgehead atoms. The molecule has 23 heavy (non-hydrogen) atoms. The van der Waals surface area contributed by atoms with Crippen molar-refractivity contribution in [2.24, 2.45) is 0 Å². The first kappa shape index (κ1) is 16.5. The summed E-state index contributed by atoms with van der Waals surface area (Å²) in [6, 6.07) is 14.5. The zero-order chi connectivity index (χ0) is 16.7. The SMILES string of the molecule is COC(=O)COc1ccc(C(=O)/C=C/c2cccc(C)c2)cc1. The van der Waals surface area contributed by atoms with Gasteiger partial charge in [0.25, 0.3) is 0 Å². The molecular formula is C19H18O4. The van der Waals surface area contributed by atoms with Gasteiger partial charge in [-0.3, -0.25) is 4.79 Å². The highest BCUT2D eigenvalue weighted by Gasteiger charge is 2.04. The van der Waals surface area contributed by atoms with E-state index in [9.17, 15) is 9.59 Å². The van der Waals surface area contributed by atoms with Crippen LogP contribution in [-0.2, 0) is 9.53 Å². The standard InChI is InChI=1S/C19H18O4/c1-14-4-3-5-15(12-14)6-11-18(20)16-7-9-17(10-8-16)23-13-19(21)22-2/h3-12H,13H2,1-2H3/b11-6+. The van der Waals surface area contributed by atoms with E-state index in [1.165, 1.54) is 7.11 Å². The summed E-state index contributed by atoms with van der Waals surface area (Å²) in [5.74, 6) is -0.0353. The topological polar surface area (TPSA) is 52.6 Å². The van der Waals surface area contributed by atoms with Gasteiger partial charge in [-0.05, 0) is 42.8 Å². The predicted molar refractivity (Wildman–Crippen MR) is 88.5 cm³/mol. The molecule has 2 aromatic carbocycles. The van der Waals surface area contributed by atoms with Crippen LogP contribution in [0, 0.1) is 6.92 Å². The quantitative estimate of drug-likeness (QED) is 0.466. The van der Waals surface area contributed by atoms with Crippen molar-refractivity contribution in [3.05, 3.63) is 71.3 Å². The Kier molecular flexibility index (Phi) is 5.69. The fourth-order valence-electron chi connectivity index (χ4n) is 1.96. The van der Waals surface area contributed by atoms with Gasteiger partial charge in [-0.15, -0.1) is 0 Å². The van der Waals surface area contributed by atoms with Crippen molar-refractivity contribution >= 4 is 17.8 Å². The van der Waals surface area contributed by atoms with E-state index in [0.29, 0.717) is 11.3 Å². The van der Waals surface area contributed by atoms with Gasteiger partial charge < -0.3 is 9.47 Å². The summed E-state index contributed by atoms with van der Waals surface area (Å²) in [5.41, 5.74) is 2.68. The number of hydrogen-bond acceptors (Lipinski definition) is 4. The number of carbonyl (C=O) groups is 2. The highest BCUT2D eigenvalue weighted by atomic mass is 16.6. The van der Waals surface area contributed by atoms with Crippen molar-refractivity contribution in [3.8, 4) is 5.75 Å². The first-order valence-corrected chi connectivity index (χ1v) is 7.17. The number of aryl methyl sites for hydroxylation is 1. The number of allylic oxidation sites excluding steroid dienone is 1. The lowest BCUT2D eigenvalue weighted by molar-refractivity contribution is -0.142. The molecule has 0 aliphatic rings. The Morgan fingerprint density at radius 3 is 2.48 bits per heavy atom. The van der Waals surface area contributed by atoms with Crippen molar-refractivity contribution in [1.29, 1.82) is 0 Å². The van der Waals surface area contributed by atoms with Gasteiger partial charge in [-0.2, -0.15) is 0 Å². The number of hydrogen-bond donors (Lipinski definition) is 0. The van der Waals surface area contributed by atoms with Crippen LogP contribution in [-0.4, -0.2) is 25.5 Å². The van der Waals surface area contributed by atoms with Gasteiger partial charge in [-0.25, -0.2) is 4.79 Å². The van der Waals surface area contributed by atoms with Gasteiger partial charge in [0, 0.05) is 5.56 Å². The minimum absolute atomic E-state index is 0.0916. The van der Waals surface area contributed by atoms with Gasteiger partial charge in [0.2, 0.25) is 0 Å². The maximum absolute atomic E-state index is 12.1. The zero-order valence-electron chi connectivity index (χ0n) is 13.1. The Hall–Kier alpha value is -2.88. The number of esters is 1. The molecule has 0 fully saturated rings. The van der Waals surface area contributed by atoms with E-state index >= 15 is 0 Å². The second-order valence-corrected chi connectivity index (χ2v) is 5.00. The van der Waals surface area contributed by atoms with Crippen molar-refractivity contribution in [1.82, 2.24) is 0 Å². The molecule has 0 radical (unpaired) electrons. The minimum atomic E-state index is -0.453. The van der Waals surface area contributed by atoms with E-state index < -0.39 is 5.97 Å². The average molecular weight is 310 g/mol. The van der Waals surface area contributed by atoms with Crippen LogP contribution in [0.25, 0.3) is 6.08 Å². The van der Waals surface area contributed by atoms with Crippen LogP contribution in [0.1, 0.15) is 21.5 Å². The molecule has 0 N–H and O–H groups in total. The van der Waals surface area contributed by atoms with E-state index in [1.807, 2.05) is 31.2 Å². The summed E-state index contributed by atoms with van der Waals surface area (Å²) in [6.45, 7) is 1.85. The molecule has 0 atom stereocenters. The summed E-state index contributed by atoms with van der Waals surface area (Å²) in [4.78, 5) is 23.1. The largest absolute Gasteiger partial charge is 0.482 e. The maximum Gasteiger partial charge on any atom is 0.343 e. The predicted octanol–water partition coefficient (Wildman–Crippen LogP) is 3.44. The lowest BCUT2D eigenvalue weighted by Gasteiger charge is -2.05. The fraction of sp³-hybridized carbons (Fsp3) is 0.158. The van der Waals surface area contributed by atoms with Crippen LogP contribution in [0.4, 0.5) is 0 Å². The van der Waals surface area contributed by atoms with Crippen LogP contribution in [0.2, 0.25) is 0 Å². The second-order valence-electron chi connectivity index (χ2n) is 5.00. The molecule has 0 aromatic heterocycles. The van der Waals surface area contributed by atoms with Crippen molar-refractivity contribution < 1.29 is 19.1 Å². The van der Waals surface area contributed by atoms with Crippen molar-refractivity contribution in [2.45, 2.75) is 6.92 Å². The Labute approximate surface area is 135 Å². The number of ketones is 1. The van der Waals surface area contributed by atoms with E-state index in [0.717, 1.165) is 11.1 Å². The Morgan fingerprint density at radius 2 is 1.83 bits per heavy atom. The number of methoxy groups -OCH3 is 1. The second kappa shape index (κ2) is 7.94. The highest BCUT2D eigenvalue weighted by molar-refractivity contribution is 6.06. The van der Waals surface area contributed by atoms with Crippen LogP contribution in [0.15, 0.2) is 54.6 Å². The Balaban J connectivity index is 1.98. The average Bonchev–Trinajstić information content (AvgIpc) is 2.58. The monoisotopic (exact) mass is 310 g/mol. The molecule has 0 saturated carbocycles. The van der Waals surface area contributed by atoms with Gasteiger partial charge in [0.15, 0.2) is 12.4 Å². The molecule has 0 amide bonds. The summed E-state index contributed by atoms with van der Waals surface area (Å²) < 4.78 is 9.72. The van der Waals surface area contributed by atoms with Crippen molar-refractivity contribution in [3.63, 3.8) is 0 Å². The van der Waals surface area contributed by atoms with Crippen LogP contribution in [0.3, 0.4) is 0 Å². The van der Waals surface area contributed by atoms with Gasteiger partial charge in [0.05, 0.1) is 7.11 Å². The smallest absolute Gasteiger partial charge is 0.343 e.